The molecule has 0 bridgehead atoms. The van der Waals surface area contributed by atoms with E-state index in [4.69, 9.17) is 14.4 Å². The molecule has 9 aromatic carbocycles. The normalized spacial score (nSPS) is 13.0. The minimum absolute atomic E-state index is 0.600. The zero-order valence-electron chi connectivity index (χ0n) is 33.6. The number of hydrogen-bond donors (Lipinski definition) is 0. The van der Waals surface area contributed by atoms with Gasteiger partial charge in [-0.3, -0.25) is 0 Å². The van der Waals surface area contributed by atoms with Crippen molar-refractivity contribution in [3.8, 4) is 78.4 Å². The van der Waals surface area contributed by atoms with Crippen LogP contribution in [0.3, 0.4) is 0 Å². The van der Waals surface area contributed by atoms with Gasteiger partial charge in [-0.1, -0.05) is 188 Å². The predicted octanol–water partition coefficient (Wildman–Crippen LogP) is 15.1. The molecule has 13 rings (SSSR count). The molecule has 2 aliphatic rings. The Labute approximate surface area is 359 Å². The van der Waals surface area contributed by atoms with Crippen LogP contribution in [0.4, 0.5) is 0 Å². The molecule has 0 saturated heterocycles. The molecule has 0 aliphatic heterocycles. The number of hydrogen-bond acceptors (Lipinski definition) is 3. The van der Waals surface area contributed by atoms with Gasteiger partial charge < -0.3 is 4.42 Å². The summed E-state index contributed by atoms with van der Waals surface area (Å²) in [5.74, 6) is 0.615. The highest BCUT2D eigenvalue weighted by atomic mass is 16.3. The van der Waals surface area contributed by atoms with Crippen molar-refractivity contribution in [3.63, 3.8) is 0 Å². The zero-order valence-corrected chi connectivity index (χ0v) is 33.6. The minimum atomic E-state index is -0.600. The van der Waals surface area contributed by atoms with E-state index in [2.05, 4.69) is 206 Å². The molecule has 288 valence electrons. The molecule has 0 unspecified atom stereocenters. The van der Waals surface area contributed by atoms with Gasteiger partial charge in [0.1, 0.15) is 11.2 Å². The summed E-state index contributed by atoms with van der Waals surface area (Å²) in [6, 6.07) is 78.8. The third kappa shape index (κ3) is 5.00. The summed E-state index contributed by atoms with van der Waals surface area (Å²) in [6.45, 7) is 0. The van der Waals surface area contributed by atoms with Gasteiger partial charge in [0.2, 0.25) is 0 Å². The van der Waals surface area contributed by atoms with Crippen molar-refractivity contribution in [3.05, 3.63) is 241 Å². The van der Waals surface area contributed by atoms with E-state index >= 15 is 0 Å². The Hall–Kier alpha value is -8.14. The quantitative estimate of drug-likeness (QED) is 0.178. The second-order valence-corrected chi connectivity index (χ2v) is 16.4. The Kier molecular flexibility index (Phi) is 7.52. The SMILES string of the molecule is c1ccc(-c2cccc(-c3cc(-c4ccc5c(c4)C4(c6ccccc6-c6ccccc6-5)c5ccccc5-c5ccccc54)nc(-c4cccc5c4oc4ccccc45)n3)c2)cc1. The summed E-state index contributed by atoms with van der Waals surface area (Å²) in [6.07, 6.45) is 0. The fourth-order valence-corrected chi connectivity index (χ4v) is 10.5. The molecular weight excluding hydrogens is 753 g/mol. The van der Waals surface area contributed by atoms with Crippen molar-refractivity contribution in [2.45, 2.75) is 5.41 Å². The van der Waals surface area contributed by atoms with E-state index < -0.39 is 5.41 Å². The molecule has 62 heavy (non-hydrogen) atoms. The summed E-state index contributed by atoms with van der Waals surface area (Å²) in [7, 11) is 0. The highest BCUT2D eigenvalue weighted by Gasteiger charge is 2.49. The second kappa shape index (κ2) is 13.4. The van der Waals surface area contributed by atoms with Gasteiger partial charge in [-0.15, -0.1) is 0 Å². The van der Waals surface area contributed by atoms with Crippen molar-refractivity contribution in [1.29, 1.82) is 0 Å². The Morgan fingerprint density at radius 1 is 0.306 bits per heavy atom. The topological polar surface area (TPSA) is 38.9 Å². The van der Waals surface area contributed by atoms with Crippen LogP contribution >= 0.6 is 0 Å². The summed E-state index contributed by atoms with van der Waals surface area (Å²) in [4.78, 5) is 10.9. The Morgan fingerprint density at radius 2 is 0.790 bits per heavy atom. The van der Waals surface area contributed by atoms with Crippen LogP contribution in [0.15, 0.2) is 223 Å². The van der Waals surface area contributed by atoms with E-state index in [0.717, 1.165) is 61.1 Å². The first-order chi connectivity index (χ1) is 30.7. The molecule has 2 heterocycles. The van der Waals surface area contributed by atoms with E-state index in [1.54, 1.807) is 0 Å². The van der Waals surface area contributed by atoms with E-state index in [1.165, 1.54) is 55.6 Å². The van der Waals surface area contributed by atoms with Crippen LogP contribution in [0.5, 0.6) is 0 Å². The molecule has 3 nitrogen and oxygen atoms in total. The molecule has 11 aromatic rings. The van der Waals surface area contributed by atoms with E-state index in [0.29, 0.717) is 5.82 Å². The highest BCUT2D eigenvalue weighted by molar-refractivity contribution is 6.09. The first-order valence-electron chi connectivity index (χ1n) is 21.2. The third-order valence-electron chi connectivity index (χ3n) is 13.1. The number of furan rings is 1. The van der Waals surface area contributed by atoms with E-state index in [1.807, 2.05) is 12.1 Å². The van der Waals surface area contributed by atoms with Gasteiger partial charge in [0, 0.05) is 21.9 Å². The first-order valence-corrected chi connectivity index (χ1v) is 21.2. The standard InChI is InChI=1S/C59H36N2O/c1-2-16-37(17-3-1)38-18-14-19-39(34-38)54-36-55(61-58(60-54)49-27-15-26-48-47-25-9-13-31-56(47)62-57(48)49)40-32-33-46-42-21-5-4-20-41(42)43-22-6-10-28-50(43)59(53(46)35-40)51-29-11-7-23-44(51)45-24-8-12-30-52(45)59/h1-36H. The maximum Gasteiger partial charge on any atom is 0.164 e. The molecule has 0 atom stereocenters. The van der Waals surface area contributed by atoms with Crippen LogP contribution in [0.2, 0.25) is 0 Å². The van der Waals surface area contributed by atoms with Gasteiger partial charge >= 0.3 is 0 Å². The van der Waals surface area contributed by atoms with Crippen LogP contribution in [0, 0.1) is 0 Å². The molecule has 0 radical (unpaired) electrons. The Morgan fingerprint density at radius 3 is 1.48 bits per heavy atom. The number of fused-ring (bicyclic) bond motifs is 15. The second-order valence-electron chi connectivity index (χ2n) is 16.4. The molecular formula is C59H36N2O. The average Bonchev–Trinajstić information content (AvgIpc) is 3.85. The number of aromatic nitrogens is 2. The maximum absolute atomic E-state index is 6.61. The van der Waals surface area contributed by atoms with Crippen LogP contribution < -0.4 is 0 Å². The summed E-state index contributed by atoms with van der Waals surface area (Å²) >= 11 is 0. The van der Waals surface area contributed by atoms with E-state index in [-0.39, 0.29) is 0 Å². The van der Waals surface area contributed by atoms with Crippen LogP contribution in [0.1, 0.15) is 22.3 Å². The van der Waals surface area contributed by atoms with Crippen molar-refractivity contribution >= 4 is 21.9 Å². The number of para-hydroxylation sites is 2. The number of benzene rings is 9. The smallest absolute Gasteiger partial charge is 0.164 e. The molecule has 3 heteroatoms. The molecule has 0 fully saturated rings. The molecule has 0 amide bonds. The third-order valence-corrected chi connectivity index (χ3v) is 13.1. The van der Waals surface area contributed by atoms with Gasteiger partial charge in [0.05, 0.1) is 22.4 Å². The number of rotatable bonds is 4. The van der Waals surface area contributed by atoms with Crippen LogP contribution in [-0.2, 0) is 5.41 Å². The van der Waals surface area contributed by atoms with E-state index in [9.17, 15) is 0 Å². The lowest BCUT2D eigenvalue weighted by Crippen LogP contribution is -2.29. The van der Waals surface area contributed by atoms with Crippen molar-refractivity contribution in [2.75, 3.05) is 0 Å². The van der Waals surface area contributed by atoms with Gasteiger partial charge in [0.25, 0.3) is 0 Å². The maximum atomic E-state index is 6.61. The largest absolute Gasteiger partial charge is 0.455 e. The summed E-state index contributed by atoms with van der Waals surface area (Å²) in [5, 5.41) is 2.12. The lowest BCUT2D eigenvalue weighted by atomic mass is 9.65. The fourth-order valence-electron chi connectivity index (χ4n) is 10.5. The Bertz CT molecular complexity index is 3550. The molecule has 0 N–H and O–H groups in total. The summed E-state index contributed by atoms with van der Waals surface area (Å²) < 4.78 is 6.61. The van der Waals surface area contributed by atoms with Gasteiger partial charge in [0.15, 0.2) is 5.82 Å². The lowest BCUT2D eigenvalue weighted by Gasteiger charge is -2.35. The monoisotopic (exact) mass is 788 g/mol. The summed E-state index contributed by atoms with van der Waals surface area (Å²) in [5.41, 5.74) is 20.4. The molecule has 2 aromatic heterocycles. The predicted molar refractivity (Wildman–Crippen MR) is 253 cm³/mol. The van der Waals surface area contributed by atoms with Gasteiger partial charge in [-0.05, 0) is 97.1 Å². The van der Waals surface area contributed by atoms with Gasteiger partial charge in [-0.2, -0.15) is 0 Å². The molecule has 0 saturated carbocycles. The fraction of sp³-hybridized carbons (Fsp3) is 0.0169. The van der Waals surface area contributed by atoms with Crippen LogP contribution in [-0.4, -0.2) is 9.97 Å². The van der Waals surface area contributed by atoms with Crippen molar-refractivity contribution < 1.29 is 4.42 Å². The lowest BCUT2D eigenvalue weighted by molar-refractivity contribution is 0.669. The van der Waals surface area contributed by atoms with Crippen LogP contribution in [0.25, 0.3) is 100 Å². The minimum Gasteiger partial charge on any atom is -0.455 e. The molecule has 2 aliphatic carbocycles. The molecule has 1 spiro atoms. The zero-order chi connectivity index (χ0) is 40.8. The highest BCUT2D eigenvalue weighted by Crippen LogP contribution is 2.61. The van der Waals surface area contributed by atoms with Crippen molar-refractivity contribution in [1.82, 2.24) is 9.97 Å². The number of nitrogens with zero attached hydrogens (tertiary/aromatic N) is 2. The first kappa shape index (κ1) is 34.7. The van der Waals surface area contributed by atoms with Gasteiger partial charge in [-0.25, -0.2) is 9.97 Å². The van der Waals surface area contributed by atoms with Crippen molar-refractivity contribution in [2.24, 2.45) is 0 Å². The average molecular weight is 789 g/mol. The Balaban J connectivity index is 1.11.